The summed E-state index contributed by atoms with van der Waals surface area (Å²) in [5, 5.41) is 3.88. The van der Waals surface area contributed by atoms with Crippen molar-refractivity contribution in [2.75, 3.05) is 0 Å². The second-order valence-electron chi connectivity index (χ2n) is 5.36. The van der Waals surface area contributed by atoms with E-state index < -0.39 is 0 Å². The summed E-state index contributed by atoms with van der Waals surface area (Å²) >= 11 is 0. The summed E-state index contributed by atoms with van der Waals surface area (Å²) in [6, 6.07) is 24.7. The lowest BCUT2D eigenvalue weighted by atomic mass is 9.88. The van der Waals surface area contributed by atoms with Crippen molar-refractivity contribution < 1.29 is 0 Å². The molecule has 0 heterocycles. The Kier molecular flexibility index (Phi) is 2.92. The molecular weight excluding hydrogens is 270 g/mol. The van der Waals surface area contributed by atoms with Gasteiger partial charge in [0, 0.05) is 16.5 Å². The van der Waals surface area contributed by atoms with Gasteiger partial charge in [-0.2, -0.15) is 0 Å². The first-order chi connectivity index (χ1) is 10.9. The Hall–Kier alpha value is -3.03. The minimum absolute atomic E-state index is 0.120. The first-order valence-corrected chi connectivity index (χ1v) is 7.22. The fourth-order valence-corrected chi connectivity index (χ4v) is 3.36. The fraction of sp³-hybridized carbons (Fsp3) is 0.0526. The third-order valence-electron chi connectivity index (χ3n) is 4.23. The monoisotopic (exact) mass is 283 g/mol. The number of hydrogen-bond donors (Lipinski definition) is 0. The smallest absolute Gasteiger partial charge is 0.0417 e. The minimum Gasteiger partial charge on any atom is -0.0619 e. The predicted molar refractivity (Wildman–Crippen MR) is 88.1 cm³/mol. The van der Waals surface area contributed by atoms with Crippen LogP contribution >= 0.6 is 0 Å². The second kappa shape index (κ2) is 5.06. The van der Waals surface area contributed by atoms with Gasteiger partial charge >= 0.3 is 0 Å². The van der Waals surface area contributed by atoms with E-state index in [1.807, 2.05) is 24.3 Å². The van der Waals surface area contributed by atoms with Crippen LogP contribution in [0.15, 0.2) is 77.9 Å². The number of fused-ring (bicyclic) bond motifs is 3. The van der Waals surface area contributed by atoms with Crippen molar-refractivity contribution in [2.24, 2.45) is 5.11 Å². The zero-order chi connectivity index (χ0) is 14.9. The fourth-order valence-electron chi connectivity index (χ4n) is 3.36. The largest absolute Gasteiger partial charge is 0.0619 e. The van der Waals surface area contributed by atoms with Crippen LogP contribution in [0.5, 0.6) is 0 Å². The molecule has 0 fully saturated rings. The van der Waals surface area contributed by atoms with E-state index in [0.29, 0.717) is 5.69 Å². The van der Waals surface area contributed by atoms with Gasteiger partial charge in [-0.15, -0.1) is 0 Å². The molecular formula is C19H13N3. The van der Waals surface area contributed by atoms with Crippen molar-refractivity contribution >= 4 is 5.69 Å². The molecule has 104 valence electrons. The Morgan fingerprint density at radius 1 is 0.682 bits per heavy atom. The van der Waals surface area contributed by atoms with Crippen molar-refractivity contribution in [3.8, 4) is 11.1 Å². The van der Waals surface area contributed by atoms with Gasteiger partial charge in [0.05, 0.1) is 0 Å². The lowest BCUT2D eigenvalue weighted by Gasteiger charge is -2.16. The first kappa shape index (κ1) is 12.7. The van der Waals surface area contributed by atoms with E-state index >= 15 is 0 Å². The number of azide groups is 1. The molecule has 0 aliphatic heterocycles. The van der Waals surface area contributed by atoms with Crippen molar-refractivity contribution in [2.45, 2.75) is 5.92 Å². The molecule has 0 saturated carbocycles. The molecule has 22 heavy (non-hydrogen) atoms. The second-order valence-corrected chi connectivity index (χ2v) is 5.36. The average molecular weight is 283 g/mol. The third-order valence-corrected chi connectivity index (χ3v) is 4.23. The highest BCUT2D eigenvalue weighted by atomic mass is 15.1. The van der Waals surface area contributed by atoms with E-state index in [9.17, 15) is 0 Å². The highest BCUT2D eigenvalue weighted by Gasteiger charge is 2.30. The molecule has 1 aliphatic rings. The Morgan fingerprint density at radius 2 is 1.18 bits per heavy atom. The summed E-state index contributed by atoms with van der Waals surface area (Å²) < 4.78 is 0. The summed E-state index contributed by atoms with van der Waals surface area (Å²) in [6.45, 7) is 0. The number of rotatable bonds is 2. The van der Waals surface area contributed by atoms with E-state index in [1.165, 1.54) is 22.3 Å². The van der Waals surface area contributed by atoms with Crippen LogP contribution in [0.25, 0.3) is 21.6 Å². The molecule has 3 aromatic rings. The van der Waals surface area contributed by atoms with E-state index in [2.05, 4.69) is 58.6 Å². The Morgan fingerprint density at radius 3 is 1.77 bits per heavy atom. The molecule has 3 aromatic carbocycles. The van der Waals surface area contributed by atoms with Gasteiger partial charge in [-0.05, 0) is 33.3 Å². The molecule has 0 saturated heterocycles. The molecule has 0 spiro atoms. The molecule has 0 aromatic heterocycles. The highest BCUT2D eigenvalue weighted by Crippen LogP contribution is 2.49. The molecule has 3 nitrogen and oxygen atoms in total. The molecule has 4 rings (SSSR count). The summed E-state index contributed by atoms with van der Waals surface area (Å²) in [5.41, 5.74) is 15.6. The summed E-state index contributed by atoms with van der Waals surface area (Å²) in [4.78, 5) is 2.97. The van der Waals surface area contributed by atoms with Gasteiger partial charge in [-0.1, -0.05) is 77.9 Å². The lowest BCUT2D eigenvalue weighted by Crippen LogP contribution is -1.99. The van der Waals surface area contributed by atoms with Gasteiger partial charge in [0.2, 0.25) is 0 Å². The van der Waals surface area contributed by atoms with Crippen molar-refractivity contribution in [1.82, 2.24) is 0 Å². The molecule has 0 radical (unpaired) electrons. The number of nitrogens with zero attached hydrogens (tertiary/aromatic N) is 3. The van der Waals surface area contributed by atoms with E-state index in [4.69, 9.17) is 5.53 Å². The number of hydrogen-bond acceptors (Lipinski definition) is 1. The first-order valence-electron chi connectivity index (χ1n) is 7.22. The molecule has 0 amide bonds. The Balaban J connectivity index is 2.02. The van der Waals surface area contributed by atoms with Gasteiger partial charge in [-0.25, -0.2) is 0 Å². The van der Waals surface area contributed by atoms with Crippen LogP contribution in [0.1, 0.15) is 22.6 Å². The summed E-state index contributed by atoms with van der Waals surface area (Å²) in [5.74, 6) is 0.120. The van der Waals surface area contributed by atoms with Crippen LogP contribution in [0.4, 0.5) is 5.69 Å². The van der Waals surface area contributed by atoms with Crippen LogP contribution in [-0.4, -0.2) is 0 Å². The van der Waals surface area contributed by atoms with E-state index in [0.717, 1.165) is 5.56 Å². The van der Waals surface area contributed by atoms with Gasteiger partial charge in [0.25, 0.3) is 0 Å². The Bertz CT molecular complexity index is 862. The minimum atomic E-state index is 0.120. The van der Waals surface area contributed by atoms with Gasteiger partial charge in [-0.3, -0.25) is 0 Å². The van der Waals surface area contributed by atoms with Crippen molar-refractivity contribution in [1.29, 1.82) is 0 Å². The predicted octanol–water partition coefficient (Wildman–Crippen LogP) is 5.79. The zero-order valence-electron chi connectivity index (χ0n) is 11.8. The summed E-state index contributed by atoms with van der Waals surface area (Å²) in [7, 11) is 0. The lowest BCUT2D eigenvalue weighted by molar-refractivity contribution is 1.01. The van der Waals surface area contributed by atoms with Crippen LogP contribution in [0.2, 0.25) is 0 Å². The van der Waals surface area contributed by atoms with Gasteiger partial charge in [0.15, 0.2) is 0 Å². The van der Waals surface area contributed by atoms with Gasteiger partial charge in [0.1, 0.15) is 0 Å². The standard InChI is InChI=1S/C19H13N3/c20-22-21-18-12-6-5-11-17(18)19-15-9-3-1-7-13(15)14-8-2-4-10-16(14)19/h1-12,19H. The van der Waals surface area contributed by atoms with Crippen LogP contribution in [0.3, 0.4) is 0 Å². The highest BCUT2D eigenvalue weighted by molar-refractivity contribution is 5.81. The van der Waals surface area contributed by atoms with Crippen LogP contribution in [0, 0.1) is 0 Å². The molecule has 0 atom stereocenters. The number of benzene rings is 3. The van der Waals surface area contributed by atoms with Crippen molar-refractivity contribution in [3.05, 3.63) is 99.9 Å². The normalized spacial score (nSPS) is 12.4. The maximum Gasteiger partial charge on any atom is 0.0417 e. The molecule has 1 aliphatic carbocycles. The maximum absolute atomic E-state index is 8.84. The van der Waals surface area contributed by atoms with Crippen molar-refractivity contribution in [3.63, 3.8) is 0 Å². The SMILES string of the molecule is [N-]=[N+]=Nc1ccccc1C1c2ccccc2-c2ccccc21. The van der Waals surface area contributed by atoms with Crippen LogP contribution < -0.4 is 0 Å². The molecule has 3 heteroatoms. The Labute approximate surface area is 128 Å². The average Bonchev–Trinajstić information content (AvgIpc) is 2.90. The van der Waals surface area contributed by atoms with Crippen LogP contribution in [-0.2, 0) is 0 Å². The zero-order valence-corrected chi connectivity index (χ0v) is 11.8. The summed E-state index contributed by atoms with van der Waals surface area (Å²) in [6.07, 6.45) is 0. The van der Waals surface area contributed by atoms with E-state index in [-0.39, 0.29) is 5.92 Å². The van der Waals surface area contributed by atoms with E-state index in [1.54, 1.807) is 0 Å². The molecule has 0 unspecified atom stereocenters. The third kappa shape index (κ3) is 1.80. The topological polar surface area (TPSA) is 48.8 Å². The molecule has 0 N–H and O–H groups in total. The van der Waals surface area contributed by atoms with Gasteiger partial charge < -0.3 is 0 Å². The quantitative estimate of drug-likeness (QED) is 0.254. The molecule has 0 bridgehead atoms. The maximum atomic E-state index is 8.84.